The molecule has 1 N–H and O–H groups in total. The van der Waals surface area contributed by atoms with Crippen molar-refractivity contribution in [3.05, 3.63) is 63.8 Å². The molecule has 0 fully saturated rings. The zero-order chi connectivity index (χ0) is 22.9. The van der Waals surface area contributed by atoms with E-state index in [0.29, 0.717) is 11.4 Å². The zero-order valence-corrected chi connectivity index (χ0v) is 18.1. The van der Waals surface area contributed by atoms with Gasteiger partial charge in [0.1, 0.15) is 0 Å². The minimum atomic E-state index is -1.24. The van der Waals surface area contributed by atoms with Crippen molar-refractivity contribution < 1.29 is 28.2 Å². The fraction of sp³-hybridized carbons (Fsp3) is 0.304. The van der Waals surface area contributed by atoms with Crippen LogP contribution in [0.2, 0.25) is 5.02 Å². The number of unbranched alkanes of at least 4 members (excludes halogenated alkanes) is 1. The Morgan fingerprint density at radius 2 is 1.97 bits per heavy atom. The first-order chi connectivity index (χ1) is 14.7. The van der Waals surface area contributed by atoms with E-state index in [1.807, 2.05) is 6.92 Å². The fourth-order valence-electron chi connectivity index (χ4n) is 3.61. The molecule has 1 heterocycles. The molecular weight excluding hydrogens is 428 g/mol. The van der Waals surface area contributed by atoms with Crippen LogP contribution in [0.5, 0.6) is 5.75 Å². The number of phenolic OH excluding ortho intramolecular Hbond substituents is 1. The van der Waals surface area contributed by atoms with E-state index >= 15 is 0 Å². The second-order valence-corrected chi connectivity index (χ2v) is 7.74. The number of carbonyl (C=O) groups is 2. The van der Waals surface area contributed by atoms with Gasteiger partial charge < -0.3 is 9.84 Å². The zero-order valence-electron chi connectivity index (χ0n) is 17.3. The van der Waals surface area contributed by atoms with Crippen LogP contribution in [0.15, 0.2) is 30.3 Å². The molecular formula is C23H22ClF2NO4. The quantitative estimate of drug-likeness (QED) is 0.386. The van der Waals surface area contributed by atoms with Crippen LogP contribution in [0.25, 0.3) is 10.9 Å². The number of rotatable bonds is 6. The molecule has 3 aromatic rings. The number of aromatic hydroxyl groups is 1. The SMILES string of the molecule is CCCCOC(=O)[C@@H](C)c1c(C)n(C(=O)c2cccc(Cl)c2)c2cc(F)c(O)c(F)c12. The van der Waals surface area contributed by atoms with E-state index < -0.39 is 35.2 Å². The summed E-state index contributed by atoms with van der Waals surface area (Å²) in [6, 6.07) is 7.01. The number of hydrogen-bond acceptors (Lipinski definition) is 4. The second-order valence-electron chi connectivity index (χ2n) is 7.31. The molecule has 0 unspecified atom stereocenters. The highest BCUT2D eigenvalue weighted by atomic mass is 35.5. The van der Waals surface area contributed by atoms with E-state index in [1.165, 1.54) is 26.0 Å². The minimum Gasteiger partial charge on any atom is -0.503 e. The van der Waals surface area contributed by atoms with Crippen molar-refractivity contribution in [1.29, 1.82) is 0 Å². The molecule has 0 radical (unpaired) electrons. The summed E-state index contributed by atoms with van der Waals surface area (Å²) in [5.41, 5.74) is 0.494. The van der Waals surface area contributed by atoms with Gasteiger partial charge in [-0.2, -0.15) is 0 Å². The summed E-state index contributed by atoms with van der Waals surface area (Å²) in [6.45, 7) is 5.20. The van der Waals surface area contributed by atoms with Crippen LogP contribution in [-0.4, -0.2) is 28.2 Å². The van der Waals surface area contributed by atoms with Crippen molar-refractivity contribution in [2.45, 2.75) is 39.5 Å². The van der Waals surface area contributed by atoms with E-state index in [1.54, 1.807) is 12.1 Å². The third-order valence-electron chi connectivity index (χ3n) is 5.21. The average molecular weight is 450 g/mol. The molecule has 1 aromatic heterocycles. The van der Waals surface area contributed by atoms with Gasteiger partial charge in [0, 0.05) is 27.7 Å². The summed E-state index contributed by atoms with van der Waals surface area (Å²) in [4.78, 5) is 25.8. The molecule has 0 amide bonds. The summed E-state index contributed by atoms with van der Waals surface area (Å²) in [5, 5.41) is 9.96. The predicted molar refractivity (Wildman–Crippen MR) is 114 cm³/mol. The van der Waals surface area contributed by atoms with Gasteiger partial charge in [-0.15, -0.1) is 0 Å². The van der Waals surface area contributed by atoms with Crippen LogP contribution in [0.3, 0.4) is 0 Å². The van der Waals surface area contributed by atoms with Crippen molar-refractivity contribution in [2.75, 3.05) is 6.61 Å². The van der Waals surface area contributed by atoms with E-state index in [9.17, 15) is 23.5 Å². The first kappa shape index (κ1) is 22.7. The molecule has 2 aromatic carbocycles. The highest BCUT2D eigenvalue weighted by Gasteiger charge is 2.31. The molecule has 3 rings (SSSR count). The van der Waals surface area contributed by atoms with Crippen LogP contribution in [0.4, 0.5) is 8.78 Å². The van der Waals surface area contributed by atoms with Gasteiger partial charge in [0.05, 0.1) is 18.0 Å². The number of esters is 1. The van der Waals surface area contributed by atoms with Gasteiger partial charge in [0.2, 0.25) is 0 Å². The largest absolute Gasteiger partial charge is 0.503 e. The van der Waals surface area contributed by atoms with E-state index in [-0.39, 0.29) is 34.3 Å². The first-order valence-electron chi connectivity index (χ1n) is 9.87. The maximum Gasteiger partial charge on any atom is 0.313 e. The Balaban J connectivity index is 2.23. The summed E-state index contributed by atoms with van der Waals surface area (Å²) < 4.78 is 35.6. The third-order valence-corrected chi connectivity index (χ3v) is 5.45. The minimum absolute atomic E-state index is 0.0986. The molecule has 0 bridgehead atoms. The molecule has 0 saturated heterocycles. The summed E-state index contributed by atoms with van der Waals surface area (Å²) in [6.07, 6.45) is 1.50. The lowest BCUT2D eigenvalue weighted by molar-refractivity contribution is -0.145. The lowest BCUT2D eigenvalue weighted by Crippen LogP contribution is -2.17. The smallest absolute Gasteiger partial charge is 0.313 e. The molecule has 8 heteroatoms. The van der Waals surface area contributed by atoms with E-state index in [0.717, 1.165) is 17.1 Å². The highest BCUT2D eigenvalue weighted by Crippen LogP contribution is 2.39. The molecule has 1 atom stereocenters. The van der Waals surface area contributed by atoms with Crippen molar-refractivity contribution >= 4 is 34.4 Å². The molecule has 0 spiro atoms. The Morgan fingerprint density at radius 1 is 1.26 bits per heavy atom. The third kappa shape index (κ3) is 4.14. The Hall–Kier alpha value is -2.93. The molecule has 0 saturated carbocycles. The molecule has 5 nitrogen and oxygen atoms in total. The molecule has 0 aliphatic heterocycles. The Bertz CT molecular complexity index is 1170. The van der Waals surface area contributed by atoms with Gasteiger partial charge >= 0.3 is 5.97 Å². The Kier molecular flexibility index (Phi) is 6.65. The Labute approximate surface area is 183 Å². The van der Waals surface area contributed by atoms with E-state index in [4.69, 9.17) is 16.3 Å². The van der Waals surface area contributed by atoms with Gasteiger partial charge in [-0.3, -0.25) is 14.2 Å². The van der Waals surface area contributed by atoms with Crippen LogP contribution < -0.4 is 0 Å². The van der Waals surface area contributed by atoms with Gasteiger partial charge in [-0.05, 0) is 44.0 Å². The van der Waals surface area contributed by atoms with Gasteiger partial charge in [-0.25, -0.2) is 8.78 Å². The first-order valence-corrected chi connectivity index (χ1v) is 10.3. The van der Waals surface area contributed by atoms with Crippen LogP contribution in [0.1, 0.15) is 54.2 Å². The Morgan fingerprint density at radius 3 is 2.61 bits per heavy atom. The molecule has 0 aliphatic rings. The van der Waals surface area contributed by atoms with Crippen LogP contribution in [0, 0.1) is 18.6 Å². The maximum absolute atomic E-state index is 15.0. The summed E-state index contributed by atoms with van der Waals surface area (Å²) in [7, 11) is 0. The molecule has 0 aliphatic carbocycles. The number of hydrogen-bond donors (Lipinski definition) is 1. The number of carbonyl (C=O) groups excluding carboxylic acids is 2. The van der Waals surface area contributed by atoms with Gasteiger partial charge in [0.25, 0.3) is 5.91 Å². The van der Waals surface area contributed by atoms with Crippen molar-refractivity contribution in [3.63, 3.8) is 0 Å². The molecule has 31 heavy (non-hydrogen) atoms. The monoisotopic (exact) mass is 449 g/mol. The van der Waals surface area contributed by atoms with Gasteiger partial charge in [0.15, 0.2) is 17.4 Å². The predicted octanol–water partition coefficient (Wildman–Crippen LogP) is 5.72. The van der Waals surface area contributed by atoms with E-state index in [2.05, 4.69) is 0 Å². The standard InChI is InChI=1S/C23H22ClF2NO4/c1-4-5-9-31-23(30)12(2)18-13(3)27(22(29)14-7-6-8-15(24)10-14)17-11-16(25)21(28)20(26)19(17)18/h6-8,10-12,28H,4-5,9H2,1-3H3/t12-/m0/s1. The topological polar surface area (TPSA) is 68.5 Å². The van der Waals surface area contributed by atoms with Gasteiger partial charge in [-0.1, -0.05) is 31.0 Å². The summed E-state index contributed by atoms with van der Waals surface area (Å²) >= 11 is 5.99. The average Bonchev–Trinajstić information content (AvgIpc) is 3.02. The summed E-state index contributed by atoms with van der Waals surface area (Å²) in [5.74, 6) is -5.76. The second kappa shape index (κ2) is 9.06. The normalized spacial score (nSPS) is 12.2. The molecule has 164 valence electrons. The lowest BCUT2D eigenvalue weighted by Gasteiger charge is -2.13. The van der Waals surface area contributed by atoms with Crippen molar-refractivity contribution in [1.82, 2.24) is 4.57 Å². The highest BCUT2D eigenvalue weighted by molar-refractivity contribution is 6.31. The number of benzene rings is 2. The lowest BCUT2D eigenvalue weighted by atomic mass is 9.97. The van der Waals surface area contributed by atoms with Crippen molar-refractivity contribution in [2.24, 2.45) is 0 Å². The number of fused-ring (bicyclic) bond motifs is 1. The van der Waals surface area contributed by atoms with Crippen LogP contribution in [-0.2, 0) is 9.53 Å². The number of phenols is 1. The number of aromatic nitrogens is 1. The number of nitrogens with zero attached hydrogens (tertiary/aromatic N) is 1. The fourth-order valence-corrected chi connectivity index (χ4v) is 3.80. The number of halogens is 3. The maximum atomic E-state index is 15.0. The number of ether oxygens (including phenoxy) is 1. The van der Waals surface area contributed by atoms with Crippen LogP contribution >= 0.6 is 11.6 Å². The van der Waals surface area contributed by atoms with Crippen molar-refractivity contribution in [3.8, 4) is 5.75 Å².